The normalized spacial score (nSPS) is 23.1. The highest BCUT2D eigenvalue weighted by Gasteiger charge is 2.43. The van der Waals surface area contributed by atoms with Gasteiger partial charge in [-0.1, -0.05) is 0 Å². The molecule has 0 aromatic carbocycles. The van der Waals surface area contributed by atoms with Gasteiger partial charge < -0.3 is 9.73 Å². The van der Waals surface area contributed by atoms with Gasteiger partial charge in [-0.05, 0) is 19.1 Å². The van der Waals surface area contributed by atoms with E-state index in [1.54, 1.807) is 6.26 Å². The minimum atomic E-state index is -0.268. The standard InChI is InChI=1S/C12H15N3O3/c1-8(10-3-2-4-18-10)14-6-9(7-14)15-11(16)5-13-12(15)17/h2-4,8-9H,5-7H2,1H3,(H,13,17). The van der Waals surface area contributed by atoms with E-state index in [-0.39, 0.29) is 30.6 Å². The lowest BCUT2D eigenvalue weighted by molar-refractivity contribution is -0.129. The van der Waals surface area contributed by atoms with Gasteiger partial charge in [0.15, 0.2) is 0 Å². The number of hydrogen-bond donors (Lipinski definition) is 1. The molecule has 1 aromatic heterocycles. The molecule has 6 nitrogen and oxygen atoms in total. The Morgan fingerprint density at radius 2 is 2.22 bits per heavy atom. The van der Waals surface area contributed by atoms with Crippen molar-refractivity contribution >= 4 is 11.9 Å². The lowest BCUT2D eigenvalue weighted by Gasteiger charge is -2.45. The summed E-state index contributed by atoms with van der Waals surface area (Å²) in [7, 11) is 0. The van der Waals surface area contributed by atoms with E-state index in [0.717, 1.165) is 5.76 Å². The third-order valence-electron chi connectivity index (χ3n) is 3.64. The van der Waals surface area contributed by atoms with Crippen molar-refractivity contribution in [3.05, 3.63) is 24.2 Å². The molecule has 3 rings (SSSR count). The lowest BCUT2D eigenvalue weighted by Crippen LogP contribution is -2.61. The van der Waals surface area contributed by atoms with Crippen molar-refractivity contribution in [3.63, 3.8) is 0 Å². The first-order valence-corrected chi connectivity index (χ1v) is 6.04. The van der Waals surface area contributed by atoms with Crippen LogP contribution < -0.4 is 5.32 Å². The second kappa shape index (κ2) is 4.13. The molecule has 0 bridgehead atoms. The molecule has 2 fully saturated rings. The molecule has 2 saturated heterocycles. The highest BCUT2D eigenvalue weighted by Crippen LogP contribution is 2.28. The molecular weight excluding hydrogens is 234 g/mol. The molecule has 6 heteroatoms. The van der Waals surface area contributed by atoms with E-state index in [2.05, 4.69) is 17.1 Å². The summed E-state index contributed by atoms with van der Waals surface area (Å²) in [5.41, 5.74) is 0. The topological polar surface area (TPSA) is 65.8 Å². The van der Waals surface area contributed by atoms with Crippen LogP contribution in [0.5, 0.6) is 0 Å². The number of carbonyl (C=O) groups is 2. The summed E-state index contributed by atoms with van der Waals surface area (Å²) in [6.07, 6.45) is 1.65. The van der Waals surface area contributed by atoms with Crippen LogP contribution in [0.25, 0.3) is 0 Å². The molecule has 1 atom stereocenters. The molecule has 1 unspecified atom stereocenters. The maximum Gasteiger partial charge on any atom is 0.324 e. The van der Waals surface area contributed by atoms with Gasteiger partial charge in [0.2, 0.25) is 5.91 Å². The van der Waals surface area contributed by atoms with Crippen LogP contribution in [0.1, 0.15) is 18.7 Å². The third kappa shape index (κ3) is 1.69. The zero-order valence-electron chi connectivity index (χ0n) is 10.1. The summed E-state index contributed by atoms with van der Waals surface area (Å²) < 4.78 is 5.35. The minimum Gasteiger partial charge on any atom is -0.468 e. The molecule has 0 aliphatic carbocycles. The van der Waals surface area contributed by atoms with Crippen molar-refractivity contribution in [1.82, 2.24) is 15.1 Å². The molecule has 1 N–H and O–H groups in total. The maximum absolute atomic E-state index is 11.5. The smallest absolute Gasteiger partial charge is 0.324 e. The number of nitrogens with one attached hydrogen (secondary N) is 1. The zero-order chi connectivity index (χ0) is 12.7. The number of imide groups is 1. The van der Waals surface area contributed by atoms with Gasteiger partial charge in [-0.15, -0.1) is 0 Å². The van der Waals surface area contributed by atoms with Gasteiger partial charge in [0.1, 0.15) is 5.76 Å². The van der Waals surface area contributed by atoms with Gasteiger partial charge in [0, 0.05) is 13.1 Å². The molecule has 3 heterocycles. The van der Waals surface area contributed by atoms with Crippen molar-refractivity contribution in [1.29, 1.82) is 0 Å². The second-order valence-corrected chi connectivity index (χ2v) is 4.72. The Hall–Kier alpha value is -1.82. The van der Waals surface area contributed by atoms with Crippen LogP contribution in [0, 0.1) is 0 Å². The van der Waals surface area contributed by atoms with Crippen molar-refractivity contribution < 1.29 is 14.0 Å². The predicted molar refractivity (Wildman–Crippen MR) is 62.7 cm³/mol. The first-order chi connectivity index (χ1) is 8.66. The van der Waals surface area contributed by atoms with Gasteiger partial charge in [0.25, 0.3) is 0 Å². The Bertz CT molecular complexity index is 449. The van der Waals surface area contributed by atoms with E-state index in [9.17, 15) is 9.59 Å². The van der Waals surface area contributed by atoms with Crippen molar-refractivity contribution in [3.8, 4) is 0 Å². The molecule has 96 valence electrons. The Balaban J connectivity index is 1.60. The average molecular weight is 249 g/mol. The number of nitrogens with zero attached hydrogens (tertiary/aromatic N) is 2. The molecule has 0 spiro atoms. The van der Waals surface area contributed by atoms with Gasteiger partial charge in [-0.25, -0.2) is 4.79 Å². The van der Waals surface area contributed by atoms with E-state index in [1.807, 2.05) is 12.1 Å². The number of furan rings is 1. The predicted octanol–water partition coefficient (Wildman–Crippen LogP) is 0.577. The first-order valence-electron chi connectivity index (χ1n) is 6.04. The van der Waals surface area contributed by atoms with Gasteiger partial charge in [-0.3, -0.25) is 14.6 Å². The highest BCUT2D eigenvalue weighted by molar-refractivity contribution is 6.02. The average Bonchev–Trinajstić information content (AvgIpc) is 2.90. The first kappa shape index (κ1) is 11.3. The van der Waals surface area contributed by atoms with Crippen molar-refractivity contribution in [2.24, 2.45) is 0 Å². The summed E-state index contributed by atoms with van der Waals surface area (Å²) in [6.45, 7) is 3.60. The van der Waals surface area contributed by atoms with E-state index in [0.29, 0.717) is 13.1 Å². The zero-order valence-corrected chi connectivity index (χ0v) is 10.1. The number of hydrogen-bond acceptors (Lipinski definition) is 4. The van der Waals surface area contributed by atoms with Crippen LogP contribution in [0.15, 0.2) is 22.8 Å². The van der Waals surface area contributed by atoms with Gasteiger partial charge in [0.05, 0.1) is 24.9 Å². The lowest BCUT2D eigenvalue weighted by atomic mass is 10.0. The largest absolute Gasteiger partial charge is 0.468 e. The summed E-state index contributed by atoms with van der Waals surface area (Å²) >= 11 is 0. The molecule has 18 heavy (non-hydrogen) atoms. The summed E-state index contributed by atoms with van der Waals surface area (Å²) in [5, 5.41) is 2.54. The van der Waals surface area contributed by atoms with Gasteiger partial charge in [-0.2, -0.15) is 0 Å². The van der Waals surface area contributed by atoms with Crippen LogP contribution in [0.3, 0.4) is 0 Å². The molecule has 0 radical (unpaired) electrons. The fraction of sp³-hybridized carbons (Fsp3) is 0.500. The number of amides is 3. The van der Waals surface area contributed by atoms with Gasteiger partial charge >= 0.3 is 6.03 Å². The van der Waals surface area contributed by atoms with E-state index >= 15 is 0 Å². The fourth-order valence-corrected chi connectivity index (χ4v) is 2.48. The Kier molecular flexibility index (Phi) is 2.59. The monoisotopic (exact) mass is 249 g/mol. The summed E-state index contributed by atoms with van der Waals surface area (Å²) in [4.78, 5) is 26.5. The molecular formula is C12H15N3O3. The molecule has 2 aliphatic rings. The van der Waals surface area contributed by atoms with Crippen LogP contribution in [0.4, 0.5) is 4.79 Å². The molecule has 0 saturated carbocycles. The quantitative estimate of drug-likeness (QED) is 0.796. The Morgan fingerprint density at radius 1 is 1.44 bits per heavy atom. The maximum atomic E-state index is 11.5. The second-order valence-electron chi connectivity index (χ2n) is 4.72. The van der Waals surface area contributed by atoms with Crippen LogP contribution in [0.2, 0.25) is 0 Å². The number of carbonyl (C=O) groups excluding carboxylic acids is 2. The van der Waals surface area contributed by atoms with E-state index in [1.165, 1.54) is 4.90 Å². The molecule has 2 aliphatic heterocycles. The van der Waals surface area contributed by atoms with E-state index in [4.69, 9.17) is 4.42 Å². The molecule has 3 amide bonds. The van der Waals surface area contributed by atoms with Crippen LogP contribution in [-0.2, 0) is 4.79 Å². The number of urea groups is 1. The van der Waals surface area contributed by atoms with Crippen LogP contribution in [-0.4, -0.2) is 47.4 Å². The van der Waals surface area contributed by atoms with E-state index < -0.39 is 0 Å². The minimum absolute atomic E-state index is 0.00240. The Labute approximate surface area is 105 Å². The fourth-order valence-electron chi connectivity index (χ4n) is 2.48. The summed E-state index contributed by atoms with van der Waals surface area (Å²) in [6, 6.07) is 3.71. The SMILES string of the molecule is CC(c1ccco1)N1CC(N2C(=O)CNC2=O)C1. The number of rotatable bonds is 3. The van der Waals surface area contributed by atoms with Crippen LogP contribution >= 0.6 is 0 Å². The number of likely N-dealkylation sites (tertiary alicyclic amines) is 1. The summed E-state index contributed by atoms with van der Waals surface area (Å²) in [5.74, 6) is 0.779. The van der Waals surface area contributed by atoms with Crippen molar-refractivity contribution in [2.75, 3.05) is 19.6 Å². The molecule has 1 aromatic rings. The highest BCUT2D eigenvalue weighted by atomic mass is 16.3. The Morgan fingerprint density at radius 3 is 2.78 bits per heavy atom. The third-order valence-corrected chi connectivity index (χ3v) is 3.64. The van der Waals surface area contributed by atoms with Crippen molar-refractivity contribution in [2.45, 2.75) is 19.0 Å².